The van der Waals surface area contributed by atoms with E-state index in [1.807, 2.05) is 31.2 Å². The monoisotopic (exact) mass is 477 g/mol. The molecule has 8 nitrogen and oxygen atoms in total. The van der Waals surface area contributed by atoms with Gasteiger partial charge in [-0.25, -0.2) is 8.42 Å². The Morgan fingerprint density at radius 2 is 2.00 bits per heavy atom. The molecule has 0 N–H and O–H groups in total. The molecular formula is C22H24ClN3O5S. The standard InChI is InChI=1S/C22H24ClN3O5S/c1-3-30-20-11-10-16(13-18(20)23)32(27,28)26-12-6-7-15(14-26)21-24-25-22(31-21)17-8-4-5-9-19(17)29-2/h4-5,8-11,13,15H,3,6-7,12,14H2,1-2H3/t15-/m0/s1. The average Bonchev–Trinajstić information content (AvgIpc) is 3.31. The summed E-state index contributed by atoms with van der Waals surface area (Å²) in [4.78, 5) is 0.131. The zero-order valence-electron chi connectivity index (χ0n) is 17.8. The second-order valence-electron chi connectivity index (χ2n) is 7.37. The number of aromatic nitrogens is 2. The van der Waals surface area contributed by atoms with E-state index in [1.54, 1.807) is 13.2 Å². The first-order chi connectivity index (χ1) is 15.4. The number of ether oxygens (including phenoxy) is 2. The van der Waals surface area contributed by atoms with Crippen LogP contribution in [0.2, 0.25) is 5.02 Å². The fraction of sp³-hybridized carbons (Fsp3) is 0.364. The second kappa shape index (κ2) is 9.48. The molecule has 1 aliphatic rings. The van der Waals surface area contributed by atoms with Crippen molar-refractivity contribution in [1.82, 2.24) is 14.5 Å². The van der Waals surface area contributed by atoms with E-state index in [9.17, 15) is 8.42 Å². The molecule has 0 spiro atoms. The molecule has 170 valence electrons. The maximum absolute atomic E-state index is 13.2. The van der Waals surface area contributed by atoms with Gasteiger partial charge in [0.25, 0.3) is 5.89 Å². The fourth-order valence-electron chi connectivity index (χ4n) is 3.76. The Bertz CT molecular complexity index is 1200. The first-order valence-electron chi connectivity index (χ1n) is 10.3. The zero-order valence-corrected chi connectivity index (χ0v) is 19.4. The maximum atomic E-state index is 13.2. The number of methoxy groups -OCH3 is 1. The minimum atomic E-state index is -3.73. The molecule has 0 radical (unpaired) electrons. The molecule has 1 atom stereocenters. The number of nitrogens with zero attached hydrogens (tertiary/aromatic N) is 3. The number of piperidine rings is 1. The Balaban J connectivity index is 1.55. The summed E-state index contributed by atoms with van der Waals surface area (Å²) in [6, 6.07) is 11.9. The van der Waals surface area contributed by atoms with Crippen LogP contribution in [-0.2, 0) is 10.0 Å². The van der Waals surface area contributed by atoms with Gasteiger partial charge in [0.2, 0.25) is 15.9 Å². The van der Waals surface area contributed by atoms with Gasteiger partial charge in [0, 0.05) is 13.1 Å². The molecule has 0 bridgehead atoms. The normalized spacial score (nSPS) is 17.3. The Hall–Kier alpha value is -2.62. The van der Waals surface area contributed by atoms with Crippen molar-refractivity contribution in [2.75, 3.05) is 26.8 Å². The van der Waals surface area contributed by atoms with Crippen molar-refractivity contribution in [3.8, 4) is 23.0 Å². The van der Waals surface area contributed by atoms with Gasteiger partial charge in [-0.3, -0.25) is 0 Å². The van der Waals surface area contributed by atoms with E-state index in [1.165, 1.54) is 16.4 Å². The van der Waals surface area contributed by atoms with Gasteiger partial charge in [0.15, 0.2) is 0 Å². The van der Waals surface area contributed by atoms with Gasteiger partial charge in [-0.15, -0.1) is 10.2 Å². The minimum Gasteiger partial charge on any atom is -0.496 e. The lowest BCUT2D eigenvalue weighted by molar-refractivity contribution is 0.286. The summed E-state index contributed by atoms with van der Waals surface area (Å²) in [5.41, 5.74) is 0.693. The predicted octanol–water partition coefficient (Wildman–Crippen LogP) is 4.37. The van der Waals surface area contributed by atoms with Crippen molar-refractivity contribution >= 4 is 21.6 Å². The third-order valence-electron chi connectivity index (χ3n) is 5.35. The number of rotatable bonds is 7. The van der Waals surface area contributed by atoms with Gasteiger partial charge in [-0.1, -0.05) is 23.7 Å². The number of sulfonamides is 1. The molecule has 1 aliphatic heterocycles. The molecule has 0 unspecified atom stereocenters. The predicted molar refractivity (Wildman–Crippen MR) is 120 cm³/mol. The molecule has 4 rings (SSSR count). The molecule has 2 aromatic carbocycles. The van der Waals surface area contributed by atoms with Crippen LogP contribution in [0.3, 0.4) is 0 Å². The largest absolute Gasteiger partial charge is 0.496 e. The first kappa shape index (κ1) is 22.6. The van der Waals surface area contributed by atoms with Crippen LogP contribution in [0, 0.1) is 0 Å². The highest BCUT2D eigenvalue weighted by molar-refractivity contribution is 7.89. The van der Waals surface area contributed by atoms with E-state index in [0.717, 1.165) is 6.42 Å². The summed E-state index contributed by atoms with van der Waals surface area (Å²) >= 11 is 6.21. The van der Waals surface area contributed by atoms with Crippen LogP contribution in [0.25, 0.3) is 11.5 Å². The smallest absolute Gasteiger partial charge is 0.251 e. The summed E-state index contributed by atoms with van der Waals surface area (Å²) in [7, 11) is -2.15. The van der Waals surface area contributed by atoms with E-state index in [4.69, 9.17) is 25.5 Å². The summed E-state index contributed by atoms with van der Waals surface area (Å²) < 4.78 is 44.6. The minimum absolute atomic E-state index is 0.131. The van der Waals surface area contributed by atoms with Gasteiger partial charge in [0.05, 0.1) is 35.1 Å². The Labute approximate surface area is 192 Å². The Kier molecular flexibility index (Phi) is 6.68. The van der Waals surface area contributed by atoms with Crippen LogP contribution in [0.4, 0.5) is 0 Å². The number of hydrogen-bond donors (Lipinski definition) is 0. The lowest BCUT2D eigenvalue weighted by atomic mass is 10.00. The number of hydrogen-bond acceptors (Lipinski definition) is 7. The molecule has 1 fully saturated rings. The van der Waals surface area contributed by atoms with Gasteiger partial charge in [-0.2, -0.15) is 4.31 Å². The molecule has 32 heavy (non-hydrogen) atoms. The molecule has 1 aromatic heterocycles. The van der Waals surface area contributed by atoms with Gasteiger partial charge < -0.3 is 13.9 Å². The molecule has 2 heterocycles. The molecule has 10 heteroatoms. The molecule has 3 aromatic rings. The highest BCUT2D eigenvalue weighted by Crippen LogP contribution is 2.35. The fourth-order valence-corrected chi connectivity index (χ4v) is 5.61. The highest BCUT2D eigenvalue weighted by Gasteiger charge is 2.33. The SMILES string of the molecule is CCOc1ccc(S(=O)(=O)N2CCC[C@H](c3nnc(-c4ccccc4OC)o3)C2)cc1Cl. The summed E-state index contributed by atoms with van der Waals surface area (Å²) in [6.07, 6.45) is 1.44. The molecular weight excluding hydrogens is 454 g/mol. The van der Waals surface area contributed by atoms with Crippen LogP contribution in [0.15, 0.2) is 51.8 Å². The number of halogens is 1. The highest BCUT2D eigenvalue weighted by atomic mass is 35.5. The van der Waals surface area contributed by atoms with Crippen molar-refractivity contribution < 1.29 is 22.3 Å². The van der Waals surface area contributed by atoms with Crippen LogP contribution < -0.4 is 9.47 Å². The van der Waals surface area contributed by atoms with Crippen molar-refractivity contribution in [3.05, 3.63) is 53.4 Å². The maximum Gasteiger partial charge on any atom is 0.251 e. The average molecular weight is 478 g/mol. The van der Waals surface area contributed by atoms with Gasteiger partial charge in [0.1, 0.15) is 11.5 Å². The van der Waals surface area contributed by atoms with Crippen LogP contribution >= 0.6 is 11.6 Å². The van der Waals surface area contributed by atoms with E-state index in [2.05, 4.69) is 10.2 Å². The molecule has 0 aliphatic carbocycles. The zero-order chi connectivity index (χ0) is 22.7. The lowest BCUT2D eigenvalue weighted by Crippen LogP contribution is -2.39. The Morgan fingerprint density at radius 3 is 2.75 bits per heavy atom. The third kappa shape index (κ3) is 4.46. The quantitative estimate of drug-likeness (QED) is 0.498. The second-order valence-corrected chi connectivity index (χ2v) is 9.72. The van der Waals surface area contributed by atoms with Crippen LogP contribution in [0.1, 0.15) is 31.6 Å². The number of benzene rings is 2. The first-order valence-corrected chi connectivity index (χ1v) is 12.1. The van der Waals surface area contributed by atoms with Gasteiger partial charge in [-0.05, 0) is 50.1 Å². The Morgan fingerprint density at radius 1 is 1.19 bits per heavy atom. The van der Waals surface area contributed by atoms with Crippen LogP contribution in [-0.4, -0.2) is 49.7 Å². The summed E-state index contributed by atoms with van der Waals surface area (Å²) in [5, 5.41) is 8.62. The van der Waals surface area contributed by atoms with Crippen molar-refractivity contribution in [2.24, 2.45) is 0 Å². The molecule has 0 amide bonds. The van der Waals surface area contributed by atoms with E-state index in [0.29, 0.717) is 48.4 Å². The van der Waals surface area contributed by atoms with E-state index < -0.39 is 10.0 Å². The number of para-hydroxylation sites is 1. The third-order valence-corrected chi connectivity index (χ3v) is 7.51. The lowest BCUT2D eigenvalue weighted by Gasteiger charge is -2.30. The van der Waals surface area contributed by atoms with Crippen molar-refractivity contribution in [3.63, 3.8) is 0 Å². The van der Waals surface area contributed by atoms with Crippen molar-refractivity contribution in [1.29, 1.82) is 0 Å². The van der Waals surface area contributed by atoms with Gasteiger partial charge >= 0.3 is 0 Å². The molecule has 1 saturated heterocycles. The van der Waals surface area contributed by atoms with E-state index in [-0.39, 0.29) is 22.4 Å². The summed E-state index contributed by atoms with van der Waals surface area (Å²) in [5.74, 6) is 1.64. The molecule has 0 saturated carbocycles. The summed E-state index contributed by atoms with van der Waals surface area (Å²) in [6.45, 7) is 2.95. The van der Waals surface area contributed by atoms with Crippen LogP contribution in [0.5, 0.6) is 11.5 Å². The van der Waals surface area contributed by atoms with E-state index >= 15 is 0 Å². The topological polar surface area (TPSA) is 94.8 Å². The van der Waals surface area contributed by atoms with Crippen molar-refractivity contribution in [2.45, 2.75) is 30.6 Å².